The van der Waals surface area contributed by atoms with E-state index in [2.05, 4.69) is 53.4 Å². The number of fused-ring (bicyclic) bond motifs is 2. The van der Waals surface area contributed by atoms with Crippen LogP contribution >= 0.6 is 0 Å². The normalized spacial score (nSPS) is 16.0. The Labute approximate surface area is 206 Å². The lowest BCUT2D eigenvalue weighted by Gasteiger charge is -2.29. The summed E-state index contributed by atoms with van der Waals surface area (Å²) in [5.41, 5.74) is 9.24. The van der Waals surface area contributed by atoms with Gasteiger partial charge in [-0.3, -0.25) is 15.0 Å². The number of nitro groups is 1. The predicted octanol–water partition coefficient (Wildman–Crippen LogP) is 6.31. The zero-order valence-electron chi connectivity index (χ0n) is 20.1. The van der Waals surface area contributed by atoms with Crippen LogP contribution in [0.25, 0.3) is 11.6 Å². The molecular formula is C30H30N2O3. The Morgan fingerprint density at radius 2 is 1.51 bits per heavy atom. The number of aryl methyl sites for hydroxylation is 2. The molecule has 0 unspecified atom stereocenters. The van der Waals surface area contributed by atoms with Crippen LogP contribution in [0.5, 0.6) is 5.75 Å². The molecule has 1 fully saturated rings. The van der Waals surface area contributed by atoms with Crippen LogP contribution in [-0.2, 0) is 12.8 Å². The second-order valence-electron chi connectivity index (χ2n) is 9.15. The first-order chi connectivity index (χ1) is 17.2. The average molecular weight is 467 g/mol. The van der Waals surface area contributed by atoms with Gasteiger partial charge in [0.25, 0.3) is 0 Å². The molecule has 5 nitrogen and oxygen atoms in total. The zero-order valence-corrected chi connectivity index (χ0v) is 20.1. The maximum atomic E-state index is 11.5. The minimum Gasteiger partial charge on any atom is -0.490 e. The van der Waals surface area contributed by atoms with Gasteiger partial charge in [-0.1, -0.05) is 72.3 Å². The van der Waals surface area contributed by atoms with Gasteiger partial charge in [0.05, 0.1) is 17.6 Å². The van der Waals surface area contributed by atoms with Crippen LogP contribution in [0.4, 0.5) is 5.69 Å². The molecule has 35 heavy (non-hydrogen) atoms. The third-order valence-electron chi connectivity index (χ3n) is 7.14. The van der Waals surface area contributed by atoms with Gasteiger partial charge in [-0.05, 0) is 65.6 Å². The number of likely N-dealkylation sites (tertiary alicyclic amines) is 1. The van der Waals surface area contributed by atoms with Gasteiger partial charge in [-0.15, -0.1) is 0 Å². The number of rotatable bonds is 5. The molecule has 0 N–H and O–H groups in total. The van der Waals surface area contributed by atoms with Crippen LogP contribution in [0.2, 0.25) is 0 Å². The van der Waals surface area contributed by atoms with Crippen molar-refractivity contribution in [2.45, 2.75) is 25.7 Å². The quantitative estimate of drug-likeness (QED) is 0.326. The van der Waals surface area contributed by atoms with E-state index in [0.29, 0.717) is 5.56 Å². The molecule has 5 rings (SSSR count). The van der Waals surface area contributed by atoms with E-state index in [1.54, 1.807) is 18.2 Å². The van der Waals surface area contributed by atoms with Crippen LogP contribution in [0.1, 0.15) is 40.7 Å². The van der Waals surface area contributed by atoms with E-state index in [1.807, 2.05) is 12.2 Å². The van der Waals surface area contributed by atoms with Crippen molar-refractivity contribution in [2.75, 3.05) is 26.7 Å². The van der Waals surface area contributed by atoms with Crippen molar-refractivity contribution in [2.24, 2.45) is 0 Å². The SMILES string of the molecule is COc1cccc(/C=C/CN2CCC(=C3c4ccccc4CCc4ccccc43)CC2)c1[N+](=O)[O-]. The summed E-state index contributed by atoms with van der Waals surface area (Å²) in [6.07, 6.45) is 8.09. The van der Waals surface area contributed by atoms with Crippen molar-refractivity contribution >= 4 is 17.3 Å². The van der Waals surface area contributed by atoms with E-state index in [0.717, 1.165) is 45.3 Å². The summed E-state index contributed by atoms with van der Waals surface area (Å²) < 4.78 is 5.18. The van der Waals surface area contributed by atoms with Crippen LogP contribution < -0.4 is 4.74 Å². The fraction of sp³-hybridized carbons (Fsp3) is 0.267. The highest BCUT2D eigenvalue weighted by molar-refractivity contribution is 5.86. The molecule has 0 radical (unpaired) electrons. The van der Waals surface area contributed by atoms with E-state index < -0.39 is 0 Å². The monoisotopic (exact) mass is 466 g/mol. The van der Waals surface area contributed by atoms with Crippen molar-refractivity contribution in [3.05, 3.63) is 116 Å². The highest BCUT2D eigenvalue weighted by Crippen LogP contribution is 2.38. The maximum absolute atomic E-state index is 11.5. The molecule has 2 aliphatic rings. The average Bonchev–Trinajstić information content (AvgIpc) is 3.06. The van der Waals surface area contributed by atoms with E-state index >= 15 is 0 Å². The summed E-state index contributed by atoms with van der Waals surface area (Å²) in [5, 5.41) is 11.5. The van der Waals surface area contributed by atoms with Crippen LogP contribution in [0.15, 0.2) is 78.4 Å². The summed E-state index contributed by atoms with van der Waals surface area (Å²) in [4.78, 5) is 13.6. The Hall–Kier alpha value is -3.70. The van der Waals surface area contributed by atoms with Gasteiger partial charge < -0.3 is 4.74 Å². The second-order valence-corrected chi connectivity index (χ2v) is 9.15. The molecule has 5 heteroatoms. The lowest BCUT2D eigenvalue weighted by atomic mass is 9.86. The summed E-state index contributed by atoms with van der Waals surface area (Å²) in [5.74, 6) is 0.287. The molecule has 3 aromatic carbocycles. The molecule has 1 aliphatic carbocycles. The largest absolute Gasteiger partial charge is 0.490 e. The van der Waals surface area contributed by atoms with Gasteiger partial charge in [0, 0.05) is 19.6 Å². The Balaban J connectivity index is 1.35. The Bertz CT molecular complexity index is 1250. The number of nitrogens with zero attached hydrogens (tertiary/aromatic N) is 2. The molecule has 178 valence electrons. The summed E-state index contributed by atoms with van der Waals surface area (Å²) >= 11 is 0. The van der Waals surface area contributed by atoms with Crippen LogP contribution in [0, 0.1) is 10.1 Å². The molecule has 0 atom stereocenters. The summed E-state index contributed by atoms with van der Waals surface area (Å²) in [6, 6.07) is 22.9. The smallest absolute Gasteiger partial charge is 0.318 e. The summed E-state index contributed by atoms with van der Waals surface area (Å²) in [7, 11) is 1.46. The maximum Gasteiger partial charge on any atom is 0.318 e. The number of hydrogen-bond acceptors (Lipinski definition) is 4. The number of hydrogen-bond donors (Lipinski definition) is 0. The van der Waals surface area contributed by atoms with Crippen LogP contribution in [0.3, 0.4) is 0 Å². The molecule has 0 saturated carbocycles. The van der Waals surface area contributed by atoms with Gasteiger partial charge in [0.15, 0.2) is 5.75 Å². The second kappa shape index (κ2) is 10.3. The van der Waals surface area contributed by atoms with E-state index in [-0.39, 0.29) is 16.4 Å². The van der Waals surface area contributed by atoms with Gasteiger partial charge in [-0.2, -0.15) is 0 Å². The zero-order chi connectivity index (χ0) is 24.2. The van der Waals surface area contributed by atoms with E-state index in [9.17, 15) is 10.1 Å². The highest BCUT2D eigenvalue weighted by Gasteiger charge is 2.23. The molecule has 3 aromatic rings. The van der Waals surface area contributed by atoms with Crippen molar-refractivity contribution < 1.29 is 9.66 Å². The van der Waals surface area contributed by atoms with E-state index in [1.165, 1.54) is 40.5 Å². The van der Waals surface area contributed by atoms with Gasteiger partial charge in [-0.25, -0.2) is 0 Å². The fourth-order valence-corrected chi connectivity index (χ4v) is 5.38. The first-order valence-corrected chi connectivity index (χ1v) is 12.2. The number of para-hydroxylation sites is 1. The topological polar surface area (TPSA) is 55.6 Å². The first-order valence-electron chi connectivity index (χ1n) is 12.2. The highest BCUT2D eigenvalue weighted by atomic mass is 16.6. The number of benzene rings is 3. The summed E-state index contributed by atoms with van der Waals surface area (Å²) in [6.45, 7) is 2.73. The minimum absolute atomic E-state index is 0.0163. The van der Waals surface area contributed by atoms with Gasteiger partial charge >= 0.3 is 5.69 Å². The third kappa shape index (κ3) is 4.77. The number of methoxy groups -OCH3 is 1. The van der Waals surface area contributed by atoms with Crippen molar-refractivity contribution in [3.63, 3.8) is 0 Å². The first kappa shape index (κ1) is 23.1. The molecule has 1 aliphatic heterocycles. The van der Waals surface area contributed by atoms with Gasteiger partial charge in [0.1, 0.15) is 0 Å². The molecule has 1 heterocycles. The van der Waals surface area contributed by atoms with Crippen molar-refractivity contribution in [3.8, 4) is 5.75 Å². The molecule has 0 bridgehead atoms. The van der Waals surface area contributed by atoms with Crippen molar-refractivity contribution in [1.29, 1.82) is 0 Å². The Morgan fingerprint density at radius 1 is 0.886 bits per heavy atom. The fourth-order valence-electron chi connectivity index (χ4n) is 5.38. The van der Waals surface area contributed by atoms with Crippen LogP contribution in [-0.4, -0.2) is 36.6 Å². The number of ether oxygens (including phenoxy) is 1. The lowest BCUT2D eigenvalue weighted by molar-refractivity contribution is -0.386. The van der Waals surface area contributed by atoms with Gasteiger partial charge in [0.2, 0.25) is 0 Å². The molecule has 1 saturated heterocycles. The predicted molar refractivity (Wildman–Crippen MR) is 141 cm³/mol. The molecular weight excluding hydrogens is 436 g/mol. The standard InChI is InChI=1S/C30H30N2O3/c1-35-28-14-6-10-25(30(28)32(33)34)11-7-19-31-20-17-24(18-21-31)29-26-12-4-2-8-22(26)15-16-23-9-3-5-13-27(23)29/h2-14H,15-21H2,1H3/b11-7+. The number of piperidine rings is 1. The number of nitro benzene ring substituents is 1. The molecule has 0 aromatic heterocycles. The third-order valence-corrected chi connectivity index (χ3v) is 7.14. The Kier molecular flexibility index (Phi) is 6.77. The van der Waals surface area contributed by atoms with Crippen molar-refractivity contribution in [1.82, 2.24) is 4.90 Å². The minimum atomic E-state index is -0.375. The molecule has 0 spiro atoms. The Morgan fingerprint density at radius 3 is 2.11 bits per heavy atom. The molecule has 0 amide bonds. The van der Waals surface area contributed by atoms with E-state index in [4.69, 9.17) is 4.74 Å². The lowest BCUT2D eigenvalue weighted by Crippen LogP contribution is -2.31.